The number of benzene rings is 1. The van der Waals surface area contributed by atoms with Crippen LogP contribution in [0.5, 0.6) is 0 Å². The van der Waals surface area contributed by atoms with Gasteiger partial charge >= 0.3 is 6.09 Å². The number of carbonyl (C=O) groups excluding carboxylic acids is 2. The number of piperazine rings is 1. The van der Waals surface area contributed by atoms with Crippen molar-refractivity contribution in [2.24, 2.45) is 0 Å². The number of hydrogen-bond acceptors (Lipinski definition) is 5. The number of Topliss-reactive ketones (excluding diaryl/α,β-unsaturated/α-hetero) is 1. The van der Waals surface area contributed by atoms with E-state index in [2.05, 4.69) is 4.90 Å². The Labute approximate surface area is 124 Å². The molecule has 0 unspecified atom stereocenters. The van der Waals surface area contributed by atoms with Crippen molar-refractivity contribution < 1.29 is 14.3 Å². The van der Waals surface area contributed by atoms with Crippen LogP contribution in [0, 0.1) is 0 Å². The van der Waals surface area contributed by atoms with Crippen molar-refractivity contribution in [3.63, 3.8) is 0 Å². The minimum absolute atomic E-state index is 0.0421. The van der Waals surface area contributed by atoms with Gasteiger partial charge in [0.1, 0.15) is 0 Å². The molecule has 1 fully saturated rings. The molecule has 114 valence electrons. The SMILES string of the molecule is CCOC(=O)N1CCN(c2ccc(N)c(C(C)=O)c2)CC1. The first-order valence-corrected chi connectivity index (χ1v) is 7.10. The van der Waals surface area contributed by atoms with Crippen LogP contribution < -0.4 is 10.6 Å². The number of nitrogens with zero attached hydrogens (tertiary/aromatic N) is 2. The highest BCUT2D eigenvalue weighted by molar-refractivity contribution is 6.00. The maximum atomic E-state index is 11.7. The van der Waals surface area contributed by atoms with Gasteiger partial charge in [-0.25, -0.2) is 4.79 Å². The lowest BCUT2D eigenvalue weighted by Gasteiger charge is -2.35. The Balaban J connectivity index is 2.04. The number of hydrogen-bond donors (Lipinski definition) is 1. The number of nitrogen functional groups attached to an aromatic ring is 1. The second kappa shape index (κ2) is 6.47. The average molecular weight is 291 g/mol. The van der Waals surface area contributed by atoms with E-state index in [1.54, 1.807) is 17.9 Å². The molecule has 1 saturated heterocycles. The zero-order valence-electron chi connectivity index (χ0n) is 12.5. The van der Waals surface area contributed by atoms with Crippen LogP contribution in [0.4, 0.5) is 16.2 Å². The van der Waals surface area contributed by atoms with Crippen LogP contribution in [0.1, 0.15) is 24.2 Å². The Morgan fingerprint density at radius 1 is 1.24 bits per heavy atom. The number of anilines is 2. The summed E-state index contributed by atoms with van der Waals surface area (Å²) in [5.74, 6) is -0.0421. The average Bonchev–Trinajstić information content (AvgIpc) is 2.48. The molecule has 0 atom stereocenters. The van der Waals surface area contributed by atoms with Gasteiger partial charge in [-0.05, 0) is 32.0 Å². The normalized spacial score (nSPS) is 15.0. The van der Waals surface area contributed by atoms with Gasteiger partial charge in [-0.3, -0.25) is 4.79 Å². The lowest BCUT2D eigenvalue weighted by Crippen LogP contribution is -2.49. The molecule has 1 aliphatic heterocycles. The summed E-state index contributed by atoms with van der Waals surface area (Å²) in [6.45, 7) is 6.33. The molecule has 6 heteroatoms. The molecule has 1 heterocycles. The molecule has 1 amide bonds. The topological polar surface area (TPSA) is 75.9 Å². The predicted octanol–water partition coefficient (Wildman–Crippen LogP) is 1.75. The van der Waals surface area contributed by atoms with E-state index in [-0.39, 0.29) is 11.9 Å². The Morgan fingerprint density at radius 2 is 1.90 bits per heavy atom. The van der Waals surface area contributed by atoms with E-state index in [9.17, 15) is 9.59 Å². The molecular formula is C15H21N3O3. The van der Waals surface area contributed by atoms with E-state index in [0.29, 0.717) is 44.0 Å². The molecule has 0 bridgehead atoms. The Kier molecular flexibility index (Phi) is 4.67. The standard InChI is InChI=1S/C15H21N3O3/c1-3-21-15(20)18-8-6-17(7-9-18)12-4-5-14(16)13(10-12)11(2)19/h4-5,10H,3,6-9,16H2,1-2H3. The largest absolute Gasteiger partial charge is 0.450 e. The third-order valence-corrected chi connectivity index (χ3v) is 3.59. The molecule has 1 aromatic rings. The van der Waals surface area contributed by atoms with Gasteiger partial charge < -0.3 is 20.3 Å². The van der Waals surface area contributed by atoms with Crippen LogP contribution in [0.3, 0.4) is 0 Å². The zero-order chi connectivity index (χ0) is 15.4. The fourth-order valence-electron chi connectivity index (χ4n) is 2.41. The van der Waals surface area contributed by atoms with Crippen LogP contribution in [-0.4, -0.2) is 49.6 Å². The van der Waals surface area contributed by atoms with Gasteiger partial charge in [0.2, 0.25) is 0 Å². The summed E-state index contributed by atoms with van der Waals surface area (Å²) < 4.78 is 5.00. The third-order valence-electron chi connectivity index (χ3n) is 3.59. The summed E-state index contributed by atoms with van der Waals surface area (Å²) in [6, 6.07) is 5.48. The quantitative estimate of drug-likeness (QED) is 0.678. The first-order chi connectivity index (χ1) is 10.0. The highest BCUT2D eigenvalue weighted by Crippen LogP contribution is 2.23. The summed E-state index contributed by atoms with van der Waals surface area (Å²) >= 11 is 0. The van der Waals surface area contributed by atoms with Gasteiger partial charge in [0.05, 0.1) is 6.61 Å². The number of carbonyl (C=O) groups is 2. The molecule has 6 nitrogen and oxygen atoms in total. The number of ether oxygens (including phenoxy) is 1. The van der Waals surface area contributed by atoms with Gasteiger partial charge in [0.25, 0.3) is 0 Å². The highest BCUT2D eigenvalue weighted by atomic mass is 16.6. The first kappa shape index (κ1) is 15.2. The molecular weight excluding hydrogens is 270 g/mol. The van der Waals surface area contributed by atoms with Gasteiger partial charge in [0, 0.05) is 43.1 Å². The molecule has 0 spiro atoms. The minimum atomic E-state index is -0.265. The van der Waals surface area contributed by atoms with Crippen molar-refractivity contribution >= 4 is 23.3 Å². The van der Waals surface area contributed by atoms with Gasteiger partial charge in [-0.15, -0.1) is 0 Å². The van der Waals surface area contributed by atoms with Crippen molar-refractivity contribution in [3.05, 3.63) is 23.8 Å². The van der Waals surface area contributed by atoms with E-state index in [0.717, 1.165) is 5.69 Å². The van der Waals surface area contributed by atoms with E-state index in [1.807, 2.05) is 12.1 Å². The number of rotatable bonds is 3. The fraction of sp³-hybridized carbons (Fsp3) is 0.467. The second-order valence-corrected chi connectivity index (χ2v) is 5.00. The third kappa shape index (κ3) is 3.45. The van der Waals surface area contributed by atoms with Crippen molar-refractivity contribution in [2.75, 3.05) is 43.4 Å². The number of amides is 1. The summed E-state index contributed by atoms with van der Waals surface area (Å²) in [6.07, 6.45) is -0.265. The van der Waals surface area contributed by atoms with E-state index >= 15 is 0 Å². The Hall–Kier alpha value is -2.24. The van der Waals surface area contributed by atoms with Crippen molar-refractivity contribution in [3.8, 4) is 0 Å². The summed E-state index contributed by atoms with van der Waals surface area (Å²) in [5.41, 5.74) is 7.80. The van der Waals surface area contributed by atoms with Crippen molar-refractivity contribution in [2.45, 2.75) is 13.8 Å². The molecule has 0 aromatic heterocycles. The van der Waals surface area contributed by atoms with Crippen molar-refractivity contribution in [1.29, 1.82) is 0 Å². The molecule has 2 rings (SSSR count). The first-order valence-electron chi connectivity index (χ1n) is 7.10. The van der Waals surface area contributed by atoms with E-state index in [1.165, 1.54) is 6.92 Å². The van der Waals surface area contributed by atoms with Crippen LogP contribution in [0.25, 0.3) is 0 Å². The van der Waals surface area contributed by atoms with Gasteiger partial charge in [-0.1, -0.05) is 0 Å². The van der Waals surface area contributed by atoms with Crippen LogP contribution >= 0.6 is 0 Å². The Morgan fingerprint density at radius 3 is 2.48 bits per heavy atom. The van der Waals surface area contributed by atoms with Crippen molar-refractivity contribution in [1.82, 2.24) is 4.90 Å². The molecule has 1 aromatic carbocycles. The van der Waals surface area contributed by atoms with E-state index in [4.69, 9.17) is 10.5 Å². The molecule has 0 aliphatic carbocycles. The van der Waals surface area contributed by atoms with Crippen LogP contribution in [-0.2, 0) is 4.74 Å². The van der Waals surface area contributed by atoms with Gasteiger partial charge in [-0.2, -0.15) is 0 Å². The second-order valence-electron chi connectivity index (χ2n) is 5.00. The molecule has 21 heavy (non-hydrogen) atoms. The zero-order valence-corrected chi connectivity index (χ0v) is 12.5. The molecule has 0 radical (unpaired) electrons. The van der Waals surface area contributed by atoms with Crippen LogP contribution in [0.2, 0.25) is 0 Å². The monoisotopic (exact) mass is 291 g/mol. The maximum Gasteiger partial charge on any atom is 0.409 e. The highest BCUT2D eigenvalue weighted by Gasteiger charge is 2.22. The maximum absolute atomic E-state index is 11.7. The molecule has 1 aliphatic rings. The molecule has 0 saturated carbocycles. The smallest absolute Gasteiger partial charge is 0.409 e. The minimum Gasteiger partial charge on any atom is -0.450 e. The predicted molar refractivity (Wildman–Crippen MR) is 81.7 cm³/mol. The fourth-order valence-corrected chi connectivity index (χ4v) is 2.41. The van der Waals surface area contributed by atoms with Gasteiger partial charge in [0.15, 0.2) is 5.78 Å². The molecule has 2 N–H and O–H groups in total. The number of ketones is 1. The van der Waals surface area contributed by atoms with Crippen LogP contribution in [0.15, 0.2) is 18.2 Å². The Bertz CT molecular complexity index is 537. The lowest BCUT2D eigenvalue weighted by atomic mass is 10.1. The summed E-state index contributed by atoms with van der Waals surface area (Å²) in [4.78, 5) is 27.0. The number of nitrogens with two attached hydrogens (primary N) is 1. The summed E-state index contributed by atoms with van der Waals surface area (Å²) in [5, 5.41) is 0. The van der Waals surface area contributed by atoms with E-state index < -0.39 is 0 Å². The lowest BCUT2D eigenvalue weighted by molar-refractivity contribution is 0.101. The summed E-state index contributed by atoms with van der Waals surface area (Å²) in [7, 11) is 0.